The van der Waals surface area contributed by atoms with E-state index in [4.69, 9.17) is 16.3 Å². The van der Waals surface area contributed by atoms with Crippen molar-refractivity contribution in [3.05, 3.63) is 12.2 Å². The van der Waals surface area contributed by atoms with Gasteiger partial charge in [0.1, 0.15) is 0 Å². The lowest BCUT2D eigenvalue weighted by Crippen LogP contribution is -2.55. The van der Waals surface area contributed by atoms with Crippen LogP contribution in [0.15, 0.2) is 12.2 Å². The number of halogens is 1. The fraction of sp³-hybridized carbons (Fsp3) is 0.905. The van der Waals surface area contributed by atoms with Crippen LogP contribution in [-0.2, 0) is 4.74 Å². The molecular weight excluding hydrogens is 392 g/mol. The maximum Gasteiger partial charge on any atom is 0.0768 e. The third-order valence-corrected chi connectivity index (χ3v) is 6.93. The SMILES string of the molecule is CC(C)[C@H]1CO[C@H](/C=C/CCCl)CCNCC2NC(CNC(C)(C)CN1)CS2. The van der Waals surface area contributed by atoms with Crippen molar-refractivity contribution in [3.63, 3.8) is 0 Å². The molecule has 2 unspecified atom stereocenters. The number of fused-ring (bicyclic) bond motifs is 2. The van der Waals surface area contributed by atoms with Crippen LogP contribution in [0.1, 0.15) is 40.5 Å². The Kier molecular flexibility index (Phi) is 11.2. The average Bonchev–Trinajstić information content (AvgIpc) is 3.10. The molecule has 2 saturated heterocycles. The van der Waals surface area contributed by atoms with Crippen molar-refractivity contribution in [2.45, 2.75) is 69.6 Å². The highest BCUT2D eigenvalue weighted by Crippen LogP contribution is 2.18. The van der Waals surface area contributed by atoms with Crippen LogP contribution in [0.2, 0.25) is 0 Å². The van der Waals surface area contributed by atoms with Crippen molar-refractivity contribution < 1.29 is 4.74 Å². The Labute approximate surface area is 181 Å². The Bertz CT molecular complexity index is 464. The molecule has 7 heteroatoms. The van der Waals surface area contributed by atoms with Gasteiger partial charge in [0.15, 0.2) is 0 Å². The Morgan fingerprint density at radius 3 is 2.86 bits per heavy atom. The van der Waals surface area contributed by atoms with E-state index in [0.29, 0.717) is 29.3 Å². The van der Waals surface area contributed by atoms with Gasteiger partial charge >= 0.3 is 0 Å². The van der Waals surface area contributed by atoms with E-state index < -0.39 is 0 Å². The summed E-state index contributed by atoms with van der Waals surface area (Å²) in [6.07, 6.45) is 6.35. The van der Waals surface area contributed by atoms with Crippen molar-refractivity contribution in [1.82, 2.24) is 21.3 Å². The number of nitrogens with one attached hydrogen (secondary N) is 4. The summed E-state index contributed by atoms with van der Waals surface area (Å²) in [6, 6.07) is 0.884. The maximum absolute atomic E-state index is 6.32. The Morgan fingerprint density at radius 2 is 2.11 bits per heavy atom. The zero-order valence-electron chi connectivity index (χ0n) is 18.1. The van der Waals surface area contributed by atoms with Crippen LogP contribution in [-0.4, -0.2) is 73.5 Å². The zero-order chi connectivity index (χ0) is 20.4. The predicted octanol–water partition coefficient (Wildman–Crippen LogP) is 2.56. The molecule has 0 aromatic carbocycles. The smallest absolute Gasteiger partial charge is 0.0768 e. The number of hydrogen-bond donors (Lipinski definition) is 4. The summed E-state index contributed by atoms with van der Waals surface area (Å²) in [6.45, 7) is 13.7. The second-order valence-corrected chi connectivity index (χ2v) is 10.6. The van der Waals surface area contributed by atoms with Gasteiger partial charge in [-0.2, -0.15) is 0 Å². The Hall–Kier alpha value is 0.180. The first kappa shape index (κ1) is 24.4. The van der Waals surface area contributed by atoms with Crippen LogP contribution in [0.5, 0.6) is 0 Å². The van der Waals surface area contributed by atoms with E-state index in [-0.39, 0.29) is 11.6 Å². The van der Waals surface area contributed by atoms with Crippen LogP contribution in [0, 0.1) is 5.92 Å². The molecule has 28 heavy (non-hydrogen) atoms. The Balaban J connectivity index is 2.00. The highest BCUT2D eigenvalue weighted by molar-refractivity contribution is 8.00. The van der Waals surface area contributed by atoms with E-state index in [9.17, 15) is 0 Å². The summed E-state index contributed by atoms with van der Waals surface area (Å²) in [5.74, 6) is 2.35. The number of allylic oxidation sites excluding steroid dienone is 1. The van der Waals surface area contributed by atoms with Crippen molar-refractivity contribution in [2.24, 2.45) is 5.92 Å². The molecule has 0 aromatic rings. The fourth-order valence-electron chi connectivity index (χ4n) is 3.41. The van der Waals surface area contributed by atoms with E-state index in [1.165, 1.54) is 5.75 Å². The molecule has 164 valence electrons. The van der Waals surface area contributed by atoms with Gasteiger partial charge in [0.25, 0.3) is 0 Å². The Morgan fingerprint density at radius 1 is 1.29 bits per heavy atom. The normalized spacial score (nSPS) is 33.5. The lowest BCUT2D eigenvalue weighted by atomic mass is 10.0. The molecule has 2 heterocycles. The van der Waals surface area contributed by atoms with E-state index in [2.05, 4.69) is 61.1 Å². The number of rotatable bonds is 4. The molecule has 2 fully saturated rings. The van der Waals surface area contributed by atoms with Crippen LogP contribution in [0.3, 0.4) is 0 Å². The van der Waals surface area contributed by atoms with Gasteiger partial charge in [-0.3, -0.25) is 5.32 Å². The molecule has 5 nitrogen and oxygen atoms in total. The number of thioether (sulfide) groups is 1. The minimum absolute atomic E-state index is 0.0482. The monoisotopic (exact) mass is 432 g/mol. The van der Waals surface area contributed by atoms with E-state index in [1.807, 2.05) is 11.8 Å². The summed E-state index contributed by atoms with van der Waals surface area (Å²) >= 11 is 7.85. The topological polar surface area (TPSA) is 57.4 Å². The molecule has 0 spiro atoms. The summed E-state index contributed by atoms with van der Waals surface area (Å²) in [4.78, 5) is 0. The summed E-state index contributed by atoms with van der Waals surface area (Å²) < 4.78 is 6.32. The molecule has 0 aromatic heterocycles. The maximum atomic E-state index is 6.32. The number of alkyl halides is 1. The summed E-state index contributed by atoms with van der Waals surface area (Å²) in [7, 11) is 0. The van der Waals surface area contributed by atoms with Crippen molar-refractivity contribution in [2.75, 3.05) is 44.4 Å². The van der Waals surface area contributed by atoms with E-state index >= 15 is 0 Å². The minimum atomic E-state index is 0.0482. The van der Waals surface area contributed by atoms with E-state index in [1.54, 1.807) is 0 Å². The van der Waals surface area contributed by atoms with Crippen LogP contribution in [0.4, 0.5) is 0 Å². The fourth-order valence-corrected chi connectivity index (χ4v) is 4.74. The zero-order valence-corrected chi connectivity index (χ0v) is 19.7. The molecule has 4 atom stereocenters. The van der Waals surface area contributed by atoms with Gasteiger partial charge in [0, 0.05) is 48.9 Å². The number of ether oxygens (including phenoxy) is 1. The third kappa shape index (κ3) is 9.33. The highest BCUT2D eigenvalue weighted by Gasteiger charge is 2.27. The molecule has 0 aliphatic carbocycles. The standard InChI is InChI=1S/C21H41ClN4OS/c1-16(2)19-13-27-18(7-5-6-9-22)8-10-23-12-20-26-17(14-28-20)11-25-21(3,4)15-24-19/h5,7,16-20,23-26H,6,8-15H2,1-4H3/b7-5+/t17?,18-,19-,20?/m1/s1. The first-order chi connectivity index (χ1) is 13.4. The molecule has 2 aliphatic rings. The van der Waals surface area contributed by atoms with Crippen molar-refractivity contribution in [1.29, 1.82) is 0 Å². The van der Waals surface area contributed by atoms with E-state index in [0.717, 1.165) is 45.6 Å². The van der Waals surface area contributed by atoms with Crippen LogP contribution in [0.25, 0.3) is 0 Å². The van der Waals surface area contributed by atoms with Crippen LogP contribution >= 0.6 is 23.4 Å². The van der Waals surface area contributed by atoms with Gasteiger partial charge in [0.2, 0.25) is 0 Å². The molecule has 0 radical (unpaired) electrons. The average molecular weight is 433 g/mol. The van der Waals surface area contributed by atoms with Gasteiger partial charge in [-0.05, 0) is 39.2 Å². The number of hydrogen-bond acceptors (Lipinski definition) is 6. The molecule has 2 rings (SSSR count). The van der Waals surface area contributed by atoms with Gasteiger partial charge < -0.3 is 20.7 Å². The molecule has 2 bridgehead atoms. The largest absolute Gasteiger partial charge is 0.372 e. The second kappa shape index (κ2) is 12.8. The van der Waals surface area contributed by atoms with Gasteiger partial charge in [0.05, 0.1) is 18.1 Å². The minimum Gasteiger partial charge on any atom is -0.372 e. The van der Waals surface area contributed by atoms with Crippen molar-refractivity contribution >= 4 is 23.4 Å². The molecule has 0 amide bonds. The third-order valence-electron chi connectivity index (χ3n) is 5.41. The summed E-state index contributed by atoms with van der Waals surface area (Å²) in [5, 5.41) is 15.3. The lowest BCUT2D eigenvalue weighted by Gasteiger charge is -2.33. The second-order valence-electron chi connectivity index (χ2n) is 8.95. The van der Waals surface area contributed by atoms with Crippen LogP contribution < -0.4 is 21.3 Å². The summed E-state index contributed by atoms with van der Waals surface area (Å²) in [5.41, 5.74) is 0.0482. The highest BCUT2D eigenvalue weighted by atomic mass is 35.5. The van der Waals surface area contributed by atoms with Gasteiger partial charge in [-0.25, -0.2) is 0 Å². The molecular formula is C21H41ClN4OS. The first-order valence-electron chi connectivity index (χ1n) is 10.8. The quantitative estimate of drug-likeness (QED) is 0.404. The lowest BCUT2D eigenvalue weighted by molar-refractivity contribution is 0.0509. The molecule has 4 N–H and O–H groups in total. The van der Waals surface area contributed by atoms with Crippen molar-refractivity contribution in [3.8, 4) is 0 Å². The molecule has 2 aliphatic heterocycles. The molecule has 0 saturated carbocycles. The van der Waals surface area contributed by atoms with Gasteiger partial charge in [-0.15, -0.1) is 23.4 Å². The predicted molar refractivity (Wildman–Crippen MR) is 124 cm³/mol. The first-order valence-corrected chi connectivity index (χ1v) is 12.4. The van der Waals surface area contributed by atoms with Gasteiger partial charge in [-0.1, -0.05) is 26.0 Å².